The Hall–Kier alpha value is -0.940. The molecule has 0 spiro atoms. The summed E-state index contributed by atoms with van der Waals surface area (Å²) in [5.74, 6) is 0. The van der Waals surface area contributed by atoms with Gasteiger partial charge < -0.3 is 0 Å². The van der Waals surface area contributed by atoms with E-state index in [9.17, 15) is 0 Å². The summed E-state index contributed by atoms with van der Waals surface area (Å²) in [7, 11) is 0. The highest BCUT2D eigenvalue weighted by atomic mass is 79.9. The van der Waals surface area contributed by atoms with Crippen LogP contribution in [0.2, 0.25) is 0 Å². The minimum atomic E-state index is 0.719. The quantitative estimate of drug-likeness (QED) is 0.796. The number of nitrogens with zero attached hydrogens (tertiary/aromatic N) is 3. The van der Waals surface area contributed by atoms with Gasteiger partial charge in [-0.05, 0) is 59.2 Å². The van der Waals surface area contributed by atoms with Crippen LogP contribution < -0.4 is 0 Å². The van der Waals surface area contributed by atoms with Crippen LogP contribution in [-0.2, 0) is 0 Å². The van der Waals surface area contributed by atoms with Gasteiger partial charge in [-0.2, -0.15) is 0 Å². The second-order valence-electron chi connectivity index (χ2n) is 3.38. The Morgan fingerprint density at radius 2 is 2.06 bits per heavy atom. The van der Waals surface area contributed by atoms with Crippen LogP contribution >= 0.6 is 27.7 Å². The second kappa shape index (κ2) is 4.93. The molecule has 0 saturated carbocycles. The Kier molecular flexibility index (Phi) is 3.56. The van der Waals surface area contributed by atoms with Crippen molar-refractivity contribution in [1.82, 2.24) is 15.0 Å². The van der Waals surface area contributed by atoms with Gasteiger partial charge in [0.2, 0.25) is 0 Å². The van der Waals surface area contributed by atoms with Gasteiger partial charge in [0.05, 0.1) is 4.47 Å². The van der Waals surface area contributed by atoms with E-state index in [1.165, 1.54) is 11.8 Å². The van der Waals surface area contributed by atoms with E-state index < -0.39 is 0 Å². The van der Waals surface area contributed by atoms with Gasteiger partial charge >= 0.3 is 0 Å². The monoisotopic (exact) mass is 295 g/mol. The normalized spacial score (nSPS) is 10.4. The molecule has 0 amide bonds. The molecule has 0 N–H and O–H groups in total. The summed E-state index contributed by atoms with van der Waals surface area (Å²) in [5.41, 5.74) is 2.09. The highest BCUT2D eigenvalue weighted by Crippen LogP contribution is 2.29. The fourth-order valence-corrected chi connectivity index (χ4v) is 2.60. The maximum atomic E-state index is 4.34. The molecule has 0 aromatic carbocycles. The molecule has 5 heteroatoms. The first-order chi connectivity index (χ1) is 7.65. The molecule has 0 aliphatic carbocycles. The number of hydrogen-bond acceptors (Lipinski definition) is 4. The van der Waals surface area contributed by atoms with Crippen molar-refractivity contribution in [2.45, 2.75) is 24.0 Å². The first-order valence-corrected chi connectivity index (χ1v) is 6.36. The Morgan fingerprint density at radius 3 is 2.75 bits per heavy atom. The maximum Gasteiger partial charge on any atom is 0.194 e. The maximum absolute atomic E-state index is 4.34. The van der Waals surface area contributed by atoms with Gasteiger partial charge in [0, 0.05) is 18.1 Å². The van der Waals surface area contributed by atoms with E-state index in [-0.39, 0.29) is 0 Å². The fraction of sp³-hybridized carbons (Fsp3) is 0.182. The first-order valence-electron chi connectivity index (χ1n) is 4.75. The molecule has 2 aromatic heterocycles. The lowest BCUT2D eigenvalue weighted by Gasteiger charge is -2.03. The van der Waals surface area contributed by atoms with Gasteiger partial charge in [-0.15, -0.1) is 0 Å². The lowest BCUT2D eigenvalue weighted by Crippen LogP contribution is -1.90. The Bertz CT molecular complexity index is 516. The lowest BCUT2D eigenvalue weighted by molar-refractivity contribution is 0.926. The first kappa shape index (κ1) is 11.5. The average molecular weight is 296 g/mol. The Balaban J connectivity index is 2.27. The molecule has 2 heterocycles. The Labute approximate surface area is 107 Å². The number of halogens is 1. The molecule has 0 aliphatic heterocycles. The molecule has 0 aliphatic rings. The minimum Gasteiger partial charge on any atom is -0.248 e. The van der Waals surface area contributed by atoms with Crippen LogP contribution in [0.3, 0.4) is 0 Å². The van der Waals surface area contributed by atoms with E-state index in [0.717, 1.165) is 25.9 Å². The lowest BCUT2D eigenvalue weighted by atomic mass is 10.3. The third-order valence-corrected chi connectivity index (χ3v) is 3.67. The summed E-state index contributed by atoms with van der Waals surface area (Å²) in [6.07, 6.45) is 3.59. The fourth-order valence-electron chi connectivity index (χ4n) is 1.16. The topological polar surface area (TPSA) is 38.7 Å². The molecular weight excluding hydrogens is 286 g/mol. The molecule has 0 radical (unpaired) electrons. The van der Waals surface area contributed by atoms with Crippen molar-refractivity contribution < 1.29 is 0 Å². The zero-order valence-electron chi connectivity index (χ0n) is 8.94. The highest BCUT2D eigenvalue weighted by Gasteiger charge is 2.06. The van der Waals surface area contributed by atoms with Gasteiger partial charge in [-0.25, -0.2) is 15.0 Å². The van der Waals surface area contributed by atoms with Crippen LogP contribution in [0.4, 0.5) is 0 Å². The zero-order valence-corrected chi connectivity index (χ0v) is 11.3. The van der Waals surface area contributed by atoms with E-state index in [0.29, 0.717) is 0 Å². The number of rotatable bonds is 2. The number of pyridine rings is 1. The number of aryl methyl sites for hydroxylation is 2. The molecule has 0 atom stereocenters. The van der Waals surface area contributed by atoms with Gasteiger partial charge in [-0.3, -0.25) is 0 Å². The SMILES string of the molecule is Cc1cnc(Sc2nccc(C)n2)c(Br)c1. The van der Waals surface area contributed by atoms with E-state index in [1.807, 2.05) is 32.2 Å². The molecule has 2 aromatic rings. The van der Waals surface area contributed by atoms with Crippen LogP contribution in [0.5, 0.6) is 0 Å². The van der Waals surface area contributed by atoms with Crippen molar-refractivity contribution in [3.63, 3.8) is 0 Å². The van der Waals surface area contributed by atoms with Gasteiger partial charge in [0.15, 0.2) is 5.16 Å². The minimum absolute atomic E-state index is 0.719. The summed E-state index contributed by atoms with van der Waals surface area (Å²) in [6.45, 7) is 3.96. The Morgan fingerprint density at radius 1 is 1.25 bits per heavy atom. The molecule has 82 valence electrons. The van der Waals surface area contributed by atoms with Crippen molar-refractivity contribution in [2.24, 2.45) is 0 Å². The molecule has 3 nitrogen and oxygen atoms in total. The standard InChI is InChI=1S/C11H10BrN3S/c1-7-5-9(12)10(14-6-7)16-11-13-4-3-8(2)15-11/h3-6H,1-2H3. The molecule has 16 heavy (non-hydrogen) atoms. The predicted octanol–water partition coefficient (Wildman–Crippen LogP) is 3.40. The van der Waals surface area contributed by atoms with Crippen LogP contribution in [0, 0.1) is 13.8 Å². The molecule has 0 bridgehead atoms. The van der Waals surface area contributed by atoms with Crippen LogP contribution in [0.25, 0.3) is 0 Å². The summed E-state index contributed by atoms with van der Waals surface area (Å²) in [4.78, 5) is 12.9. The smallest absolute Gasteiger partial charge is 0.194 e. The summed E-state index contributed by atoms with van der Waals surface area (Å²) in [5, 5.41) is 1.60. The molecule has 0 unspecified atom stereocenters. The third-order valence-electron chi connectivity index (χ3n) is 1.90. The van der Waals surface area contributed by atoms with Crippen molar-refractivity contribution in [3.8, 4) is 0 Å². The van der Waals surface area contributed by atoms with Crippen molar-refractivity contribution in [2.75, 3.05) is 0 Å². The van der Waals surface area contributed by atoms with Crippen molar-refractivity contribution in [3.05, 3.63) is 40.3 Å². The zero-order chi connectivity index (χ0) is 11.5. The number of aromatic nitrogens is 3. The highest BCUT2D eigenvalue weighted by molar-refractivity contribution is 9.10. The van der Waals surface area contributed by atoms with E-state index in [4.69, 9.17) is 0 Å². The number of hydrogen-bond donors (Lipinski definition) is 0. The summed E-state index contributed by atoms with van der Waals surface area (Å²) >= 11 is 4.94. The van der Waals surface area contributed by atoms with Crippen molar-refractivity contribution in [1.29, 1.82) is 0 Å². The van der Waals surface area contributed by atoms with Gasteiger partial charge in [-0.1, -0.05) is 0 Å². The second-order valence-corrected chi connectivity index (χ2v) is 5.19. The van der Waals surface area contributed by atoms with E-state index in [2.05, 4.69) is 30.9 Å². The molecule has 0 fully saturated rings. The van der Waals surface area contributed by atoms with Gasteiger partial charge in [0.25, 0.3) is 0 Å². The van der Waals surface area contributed by atoms with E-state index in [1.54, 1.807) is 6.20 Å². The van der Waals surface area contributed by atoms with Crippen molar-refractivity contribution >= 4 is 27.7 Å². The third kappa shape index (κ3) is 2.80. The van der Waals surface area contributed by atoms with Crippen LogP contribution in [0.1, 0.15) is 11.3 Å². The molecule has 2 rings (SSSR count). The summed E-state index contributed by atoms with van der Waals surface area (Å²) in [6, 6.07) is 3.91. The molecule has 0 saturated heterocycles. The molecular formula is C11H10BrN3S. The average Bonchev–Trinajstić information content (AvgIpc) is 2.22. The van der Waals surface area contributed by atoms with E-state index >= 15 is 0 Å². The van der Waals surface area contributed by atoms with Crippen LogP contribution in [-0.4, -0.2) is 15.0 Å². The predicted molar refractivity (Wildman–Crippen MR) is 67.6 cm³/mol. The van der Waals surface area contributed by atoms with Crippen LogP contribution in [0.15, 0.2) is 39.2 Å². The summed E-state index contributed by atoms with van der Waals surface area (Å²) < 4.78 is 0.975. The largest absolute Gasteiger partial charge is 0.248 e. The van der Waals surface area contributed by atoms with Gasteiger partial charge in [0.1, 0.15) is 5.03 Å².